The second-order valence-corrected chi connectivity index (χ2v) is 7.09. The summed E-state index contributed by atoms with van der Waals surface area (Å²) in [5.74, 6) is -2.49. The number of carboxylic acid groups (broad SMARTS) is 1. The standard InChI is InChI=1S/C17H25N3O6/c1-11-6-7-13(20(24)25)12(10-11)19-9-5-8-17(18,14(21)22)15(23)26-16(2,3)4/h6-7,10,19H,5,8-9,18H2,1-4H3,(H,21,22)/t17-/m1/s1. The lowest BCUT2D eigenvalue weighted by atomic mass is 9.94. The van der Waals surface area contributed by atoms with Gasteiger partial charge in [-0.05, 0) is 52.2 Å². The van der Waals surface area contributed by atoms with Gasteiger partial charge in [-0.25, -0.2) is 9.59 Å². The van der Waals surface area contributed by atoms with Gasteiger partial charge in [0.25, 0.3) is 5.69 Å². The van der Waals surface area contributed by atoms with E-state index in [1.165, 1.54) is 6.07 Å². The number of aliphatic carboxylic acids is 1. The van der Waals surface area contributed by atoms with Gasteiger partial charge < -0.3 is 20.9 Å². The van der Waals surface area contributed by atoms with Crippen molar-refractivity contribution in [3.05, 3.63) is 33.9 Å². The zero-order valence-corrected chi connectivity index (χ0v) is 15.4. The van der Waals surface area contributed by atoms with Crippen LogP contribution in [-0.4, -0.2) is 39.7 Å². The Bertz CT molecular complexity index is 698. The van der Waals surface area contributed by atoms with Crippen LogP contribution in [-0.2, 0) is 14.3 Å². The van der Waals surface area contributed by atoms with Crippen LogP contribution in [0.25, 0.3) is 0 Å². The minimum atomic E-state index is -2.17. The molecule has 1 aromatic carbocycles. The lowest BCUT2D eigenvalue weighted by molar-refractivity contribution is -0.384. The summed E-state index contributed by atoms with van der Waals surface area (Å²) in [5, 5.41) is 23.3. The molecule has 4 N–H and O–H groups in total. The molecule has 1 atom stereocenters. The largest absolute Gasteiger partial charge is 0.479 e. The summed E-state index contributed by atoms with van der Waals surface area (Å²) in [4.78, 5) is 34.1. The fraction of sp³-hybridized carbons (Fsp3) is 0.529. The molecule has 0 unspecified atom stereocenters. The Balaban J connectivity index is 2.76. The molecule has 0 radical (unpaired) electrons. The number of benzene rings is 1. The Morgan fingerprint density at radius 2 is 1.96 bits per heavy atom. The van der Waals surface area contributed by atoms with Gasteiger partial charge in [-0.15, -0.1) is 0 Å². The highest BCUT2D eigenvalue weighted by molar-refractivity contribution is 6.03. The van der Waals surface area contributed by atoms with Crippen LogP contribution < -0.4 is 11.1 Å². The molecule has 9 heteroatoms. The average Bonchev–Trinajstić information content (AvgIpc) is 2.49. The number of anilines is 1. The van der Waals surface area contributed by atoms with E-state index in [4.69, 9.17) is 10.5 Å². The number of esters is 1. The van der Waals surface area contributed by atoms with Crippen molar-refractivity contribution in [1.29, 1.82) is 0 Å². The second-order valence-electron chi connectivity index (χ2n) is 7.09. The van der Waals surface area contributed by atoms with Crippen molar-refractivity contribution in [1.82, 2.24) is 0 Å². The van der Waals surface area contributed by atoms with Crippen molar-refractivity contribution >= 4 is 23.3 Å². The maximum Gasteiger partial charge on any atom is 0.338 e. The topological polar surface area (TPSA) is 145 Å². The zero-order valence-electron chi connectivity index (χ0n) is 15.4. The Kier molecular flexibility index (Phi) is 6.68. The first kappa shape index (κ1) is 21.4. The minimum Gasteiger partial charge on any atom is -0.479 e. The molecule has 0 aliphatic carbocycles. The highest BCUT2D eigenvalue weighted by Gasteiger charge is 2.44. The van der Waals surface area contributed by atoms with Crippen LogP contribution in [0.15, 0.2) is 18.2 Å². The van der Waals surface area contributed by atoms with Crippen LogP contribution >= 0.6 is 0 Å². The monoisotopic (exact) mass is 367 g/mol. The molecule has 26 heavy (non-hydrogen) atoms. The molecule has 0 aliphatic rings. The van der Waals surface area contributed by atoms with Crippen molar-refractivity contribution in [2.75, 3.05) is 11.9 Å². The number of nitrogens with zero attached hydrogens (tertiary/aromatic N) is 1. The molecule has 0 aliphatic heterocycles. The molecule has 0 saturated heterocycles. The molecular weight excluding hydrogens is 342 g/mol. The quantitative estimate of drug-likeness (QED) is 0.208. The number of ether oxygens (including phenoxy) is 1. The fourth-order valence-electron chi connectivity index (χ4n) is 2.21. The van der Waals surface area contributed by atoms with E-state index in [2.05, 4.69) is 5.32 Å². The van der Waals surface area contributed by atoms with Crippen molar-refractivity contribution in [3.63, 3.8) is 0 Å². The number of nitrogens with one attached hydrogen (secondary N) is 1. The third-order valence-corrected chi connectivity index (χ3v) is 3.56. The Morgan fingerprint density at radius 3 is 2.46 bits per heavy atom. The first-order valence-electron chi connectivity index (χ1n) is 8.11. The highest BCUT2D eigenvalue weighted by Crippen LogP contribution is 2.25. The van der Waals surface area contributed by atoms with Crippen LogP contribution in [0.4, 0.5) is 11.4 Å². The summed E-state index contributed by atoms with van der Waals surface area (Å²) in [6.07, 6.45) is 0.0248. The van der Waals surface area contributed by atoms with Crippen molar-refractivity contribution in [3.8, 4) is 0 Å². The van der Waals surface area contributed by atoms with Gasteiger partial charge in [0.2, 0.25) is 5.54 Å². The van der Waals surface area contributed by atoms with Crippen LogP contribution in [0.5, 0.6) is 0 Å². The lowest BCUT2D eigenvalue weighted by Gasteiger charge is -2.28. The summed E-state index contributed by atoms with van der Waals surface area (Å²) in [7, 11) is 0. The SMILES string of the molecule is Cc1ccc([N+](=O)[O-])c(NCCC[C@@](N)(C(=O)O)C(=O)OC(C)(C)C)c1. The average molecular weight is 367 g/mol. The van der Waals surface area contributed by atoms with Crippen LogP contribution in [0, 0.1) is 17.0 Å². The third kappa shape index (κ3) is 5.69. The summed E-state index contributed by atoms with van der Waals surface area (Å²) < 4.78 is 5.09. The molecule has 0 fully saturated rings. The van der Waals surface area contributed by atoms with Gasteiger partial charge >= 0.3 is 11.9 Å². The summed E-state index contributed by atoms with van der Waals surface area (Å²) in [6, 6.07) is 4.64. The van der Waals surface area contributed by atoms with Gasteiger partial charge in [-0.3, -0.25) is 10.1 Å². The molecule has 0 bridgehead atoms. The maximum atomic E-state index is 12.1. The van der Waals surface area contributed by atoms with Gasteiger partial charge in [0.15, 0.2) is 0 Å². The van der Waals surface area contributed by atoms with Crippen molar-refractivity contribution < 1.29 is 24.4 Å². The number of nitro groups is 1. The van der Waals surface area contributed by atoms with Gasteiger partial charge in [0.1, 0.15) is 11.3 Å². The smallest absolute Gasteiger partial charge is 0.338 e. The summed E-state index contributed by atoms with van der Waals surface area (Å²) in [5.41, 5.74) is 3.81. The molecule has 0 heterocycles. The van der Waals surface area contributed by atoms with Gasteiger partial charge in [0, 0.05) is 12.6 Å². The molecule has 1 aromatic rings. The first-order chi connectivity index (χ1) is 11.9. The van der Waals surface area contributed by atoms with Crippen LogP contribution in [0.2, 0.25) is 0 Å². The third-order valence-electron chi connectivity index (χ3n) is 3.56. The number of aryl methyl sites for hydroxylation is 1. The molecule has 0 aromatic heterocycles. The van der Waals surface area contributed by atoms with E-state index >= 15 is 0 Å². The first-order valence-corrected chi connectivity index (χ1v) is 8.11. The molecular formula is C17H25N3O6. The van der Waals surface area contributed by atoms with Crippen LogP contribution in [0.3, 0.4) is 0 Å². The van der Waals surface area contributed by atoms with E-state index in [0.29, 0.717) is 5.69 Å². The minimum absolute atomic E-state index is 0.0833. The van der Waals surface area contributed by atoms with E-state index < -0.39 is 28.0 Å². The summed E-state index contributed by atoms with van der Waals surface area (Å²) >= 11 is 0. The van der Waals surface area contributed by atoms with E-state index in [0.717, 1.165) is 5.56 Å². The molecule has 144 valence electrons. The lowest BCUT2D eigenvalue weighted by Crippen LogP contribution is -2.57. The molecule has 0 saturated carbocycles. The maximum absolute atomic E-state index is 12.1. The molecule has 1 rings (SSSR count). The number of rotatable bonds is 8. The summed E-state index contributed by atoms with van der Waals surface area (Å²) in [6.45, 7) is 6.86. The zero-order chi connectivity index (χ0) is 20.1. The van der Waals surface area contributed by atoms with Gasteiger partial charge in [-0.2, -0.15) is 0 Å². The molecule has 9 nitrogen and oxygen atoms in total. The predicted molar refractivity (Wildman–Crippen MR) is 96.0 cm³/mol. The van der Waals surface area contributed by atoms with E-state index in [9.17, 15) is 24.8 Å². The number of hydrogen-bond acceptors (Lipinski definition) is 7. The number of carboxylic acids is 1. The van der Waals surface area contributed by atoms with Crippen LogP contribution in [0.1, 0.15) is 39.2 Å². The number of carbonyl (C=O) groups excluding carboxylic acids is 1. The molecule has 0 amide bonds. The second kappa shape index (κ2) is 8.13. The number of nitro benzene ring substituents is 1. The van der Waals surface area contributed by atoms with Gasteiger partial charge in [0.05, 0.1) is 4.92 Å². The van der Waals surface area contributed by atoms with Gasteiger partial charge in [-0.1, -0.05) is 6.07 Å². The van der Waals surface area contributed by atoms with Crippen molar-refractivity contribution in [2.45, 2.75) is 51.7 Å². The number of nitrogens with two attached hydrogens (primary N) is 1. The highest BCUT2D eigenvalue weighted by atomic mass is 16.6. The van der Waals surface area contributed by atoms with E-state index in [1.807, 2.05) is 0 Å². The predicted octanol–water partition coefficient (Wildman–Crippen LogP) is 2.22. The number of carbonyl (C=O) groups is 2. The normalized spacial score (nSPS) is 13.6. The van der Waals surface area contributed by atoms with E-state index in [1.54, 1.807) is 39.8 Å². The van der Waals surface area contributed by atoms with E-state index in [-0.39, 0.29) is 25.1 Å². The Morgan fingerprint density at radius 1 is 1.35 bits per heavy atom. The Labute approximate surface area is 151 Å². The Hall–Kier alpha value is -2.68. The number of hydrogen-bond donors (Lipinski definition) is 3. The molecule has 0 spiro atoms. The fourth-order valence-corrected chi connectivity index (χ4v) is 2.21. The van der Waals surface area contributed by atoms with Crippen molar-refractivity contribution in [2.24, 2.45) is 5.73 Å².